The number of hydrogen-bond donors (Lipinski definition) is 4. The standard InChI is InChI=1S/C25H30N4O4.2C2HF3O2/c1-16-21(14-26-28-16)17-5-7-22(24(13-17)32-10-9-29(2)3)27-25(30)19-11-18-12-20(31-4)6-8-23(18)33-15-19;2*3-2(4,5)1(6)7/h5-8,12-14,19H,9-11,15H2,1-4H3,(H,26,28)(H,27,30);2*(H,6,7). The van der Waals surface area contributed by atoms with Crippen LogP contribution in [0, 0.1) is 12.8 Å². The quantitative estimate of drug-likeness (QED) is 0.244. The molecular weight excluding hydrogens is 646 g/mol. The van der Waals surface area contributed by atoms with E-state index in [0.717, 1.165) is 40.4 Å². The molecule has 0 fully saturated rings. The Morgan fingerprint density at radius 2 is 1.66 bits per heavy atom. The number of hydrogen-bond acceptors (Lipinski definition) is 8. The highest BCUT2D eigenvalue weighted by molar-refractivity contribution is 5.95. The van der Waals surface area contributed by atoms with E-state index < -0.39 is 24.3 Å². The van der Waals surface area contributed by atoms with Gasteiger partial charge in [0.05, 0.1) is 24.9 Å². The van der Waals surface area contributed by atoms with E-state index in [1.807, 2.05) is 62.3 Å². The van der Waals surface area contributed by atoms with E-state index in [-0.39, 0.29) is 11.8 Å². The van der Waals surface area contributed by atoms with Crippen LogP contribution in [-0.2, 0) is 20.8 Å². The van der Waals surface area contributed by atoms with Crippen LogP contribution in [0.25, 0.3) is 11.1 Å². The summed E-state index contributed by atoms with van der Waals surface area (Å²) in [6, 6.07) is 11.5. The summed E-state index contributed by atoms with van der Waals surface area (Å²) in [6.45, 7) is 3.57. The number of aromatic amines is 1. The van der Waals surface area contributed by atoms with E-state index in [2.05, 4.69) is 15.5 Å². The predicted octanol–water partition coefficient (Wildman–Crippen LogP) is 4.79. The van der Waals surface area contributed by atoms with Gasteiger partial charge in [0.25, 0.3) is 0 Å². The number of aromatic nitrogens is 2. The summed E-state index contributed by atoms with van der Waals surface area (Å²) in [5, 5.41) is 24.4. The van der Waals surface area contributed by atoms with Gasteiger partial charge in [0.15, 0.2) is 0 Å². The first kappa shape index (κ1) is 38.2. The monoisotopic (exact) mass is 678 g/mol. The third-order valence-corrected chi connectivity index (χ3v) is 6.21. The number of halogens is 6. The first-order valence-corrected chi connectivity index (χ1v) is 13.5. The zero-order valence-electron chi connectivity index (χ0n) is 25.5. The number of likely N-dealkylation sites (N-methyl/N-ethyl adjacent to an activating group) is 1. The van der Waals surface area contributed by atoms with Crippen LogP contribution >= 0.6 is 0 Å². The molecule has 1 aliphatic heterocycles. The van der Waals surface area contributed by atoms with Crippen molar-refractivity contribution in [2.45, 2.75) is 25.7 Å². The smallest absolute Gasteiger partial charge is 0.490 e. The van der Waals surface area contributed by atoms with Crippen molar-refractivity contribution >= 4 is 23.5 Å². The van der Waals surface area contributed by atoms with E-state index in [1.165, 1.54) is 0 Å². The summed E-state index contributed by atoms with van der Waals surface area (Å²) >= 11 is 0. The van der Waals surface area contributed by atoms with Gasteiger partial charge in [-0.15, -0.1) is 0 Å². The summed E-state index contributed by atoms with van der Waals surface area (Å²) in [6.07, 6.45) is -7.79. The molecule has 1 atom stereocenters. The van der Waals surface area contributed by atoms with Crippen molar-refractivity contribution in [1.82, 2.24) is 15.1 Å². The van der Waals surface area contributed by atoms with Gasteiger partial charge in [-0.3, -0.25) is 9.89 Å². The summed E-state index contributed by atoms with van der Waals surface area (Å²) in [4.78, 5) is 33.0. The summed E-state index contributed by atoms with van der Waals surface area (Å²) in [5.41, 5.74) is 4.55. The number of fused-ring (bicyclic) bond motifs is 1. The molecule has 18 heteroatoms. The third kappa shape index (κ3) is 12.0. The number of benzene rings is 2. The number of methoxy groups -OCH3 is 1. The first-order valence-electron chi connectivity index (χ1n) is 13.5. The number of anilines is 1. The average Bonchev–Trinajstić information content (AvgIpc) is 3.42. The fraction of sp³-hybridized carbons (Fsp3) is 0.379. The third-order valence-electron chi connectivity index (χ3n) is 6.21. The Morgan fingerprint density at radius 3 is 2.17 bits per heavy atom. The van der Waals surface area contributed by atoms with E-state index in [0.29, 0.717) is 31.1 Å². The van der Waals surface area contributed by atoms with Crippen LogP contribution < -0.4 is 19.5 Å². The van der Waals surface area contributed by atoms with Gasteiger partial charge in [-0.1, -0.05) is 6.07 Å². The second-order valence-corrected chi connectivity index (χ2v) is 10.1. The lowest BCUT2D eigenvalue weighted by Gasteiger charge is -2.25. The molecule has 0 saturated heterocycles. The average molecular weight is 679 g/mol. The molecule has 0 aliphatic carbocycles. The lowest BCUT2D eigenvalue weighted by molar-refractivity contribution is -0.193. The number of alkyl halides is 6. The minimum atomic E-state index is -5.08. The molecule has 1 aliphatic rings. The van der Waals surface area contributed by atoms with Gasteiger partial charge in [0, 0.05) is 17.8 Å². The van der Waals surface area contributed by atoms with Gasteiger partial charge in [-0.05, 0) is 68.9 Å². The molecule has 2 aromatic carbocycles. The summed E-state index contributed by atoms with van der Waals surface area (Å²) < 4.78 is 80.7. The van der Waals surface area contributed by atoms with Gasteiger partial charge >= 0.3 is 24.3 Å². The zero-order chi connectivity index (χ0) is 35.5. The second-order valence-electron chi connectivity index (χ2n) is 10.1. The van der Waals surface area contributed by atoms with Crippen molar-refractivity contribution in [3.63, 3.8) is 0 Å². The minimum Gasteiger partial charge on any atom is -0.497 e. The summed E-state index contributed by atoms with van der Waals surface area (Å²) in [5.74, 6) is -3.75. The number of rotatable bonds is 8. The van der Waals surface area contributed by atoms with Gasteiger partial charge < -0.3 is 34.6 Å². The number of carboxylic acids is 2. The van der Waals surface area contributed by atoms with Crippen LogP contribution in [0.1, 0.15) is 11.3 Å². The Balaban J connectivity index is 0.000000459. The lowest BCUT2D eigenvalue weighted by atomic mass is 9.95. The van der Waals surface area contributed by atoms with Crippen LogP contribution in [0.4, 0.5) is 32.0 Å². The lowest BCUT2D eigenvalue weighted by Crippen LogP contribution is -2.32. The Morgan fingerprint density at radius 1 is 1.04 bits per heavy atom. The topological polar surface area (TPSA) is 163 Å². The highest BCUT2D eigenvalue weighted by Gasteiger charge is 2.39. The number of H-pyrrole nitrogens is 1. The highest BCUT2D eigenvalue weighted by Crippen LogP contribution is 2.34. The zero-order valence-corrected chi connectivity index (χ0v) is 25.5. The molecular formula is C29H32F6N4O8. The number of ether oxygens (including phenoxy) is 3. The number of aliphatic carboxylic acids is 2. The van der Waals surface area contributed by atoms with E-state index in [1.54, 1.807) is 13.3 Å². The molecule has 0 spiro atoms. The number of nitrogens with one attached hydrogen (secondary N) is 2. The molecule has 0 bridgehead atoms. The fourth-order valence-electron chi connectivity index (χ4n) is 3.79. The molecule has 3 aromatic rings. The minimum absolute atomic E-state index is 0.104. The molecule has 1 aromatic heterocycles. The molecule has 1 unspecified atom stereocenters. The maximum atomic E-state index is 13.1. The normalized spacial score (nSPS) is 13.9. The maximum Gasteiger partial charge on any atom is 0.490 e. The van der Waals surface area contributed by atoms with Crippen molar-refractivity contribution < 1.29 is 65.1 Å². The first-order chi connectivity index (χ1) is 21.8. The highest BCUT2D eigenvalue weighted by atomic mass is 19.4. The Labute approximate surface area is 264 Å². The number of nitrogens with zero attached hydrogens (tertiary/aromatic N) is 2. The number of carboxylic acid groups (broad SMARTS) is 2. The maximum absolute atomic E-state index is 13.1. The fourth-order valence-corrected chi connectivity index (χ4v) is 3.79. The Kier molecular flexibility index (Phi) is 13.4. The van der Waals surface area contributed by atoms with Crippen molar-refractivity contribution in [1.29, 1.82) is 0 Å². The molecule has 4 N–H and O–H groups in total. The van der Waals surface area contributed by atoms with Gasteiger partial charge in [0.2, 0.25) is 5.91 Å². The number of amides is 1. The van der Waals surface area contributed by atoms with Crippen molar-refractivity contribution in [3.8, 4) is 28.4 Å². The SMILES string of the molecule is COc1ccc2c(c1)CC(C(=O)Nc1ccc(-c3cn[nH]c3C)cc1OCCN(C)C)CO2.O=C(O)C(F)(F)F.O=C(O)C(F)(F)F. The van der Waals surface area contributed by atoms with E-state index in [4.69, 9.17) is 34.0 Å². The van der Waals surface area contributed by atoms with Crippen molar-refractivity contribution in [2.24, 2.45) is 5.92 Å². The second kappa shape index (κ2) is 16.5. The van der Waals surface area contributed by atoms with E-state index in [9.17, 15) is 31.1 Å². The largest absolute Gasteiger partial charge is 0.497 e. The van der Waals surface area contributed by atoms with Crippen molar-refractivity contribution in [2.75, 3.05) is 46.3 Å². The molecule has 1 amide bonds. The molecule has 258 valence electrons. The molecule has 0 radical (unpaired) electrons. The molecule has 0 saturated carbocycles. The molecule has 12 nitrogen and oxygen atoms in total. The predicted molar refractivity (Wildman–Crippen MR) is 155 cm³/mol. The number of aryl methyl sites for hydroxylation is 1. The van der Waals surface area contributed by atoms with Crippen LogP contribution in [-0.4, -0.2) is 96.5 Å². The van der Waals surface area contributed by atoms with E-state index >= 15 is 0 Å². The molecule has 47 heavy (non-hydrogen) atoms. The van der Waals surface area contributed by atoms with Crippen LogP contribution in [0.15, 0.2) is 42.6 Å². The van der Waals surface area contributed by atoms with Gasteiger partial charge in [-0.25, -0.2) is 9.59 Å². The number of carbonyl (C=O) groups excluding carboxylic acids is 1. The van der Waals surface area contributed by atoms with Crippen molar-refractivity contribution in [3.05, 3.63) is 53.9 Å². The van der Waals surface area contributed by atoms with Gasteiger partial charge in [0.1, 0.15) is 30.5 Å². The Hall–Kier alpha value is -5.00. The molecule has 2 heterocycles. The van der Waals surface area contributed by atoms with Crippen LogP contribution in [0.3, 0.4) is 0 Å². The van der Waals surface area contributed by atoms with Crippen LogP contribution in [0.5, 0.6) is 17.2 Å². The number of carbonyl (C=O) groups is 3. The van der Waals surface area contributed by atoms with Gasteiger partial charge in [-0.2, -0.15) is 31.4 Å². The van der Waals surface area contributed by atoms with Crippen LogP contribution in [0.2, 0.25) is 0 Å². The molecule has 4 rings (SSSR count). The Bertz CT molecular complexity index is 1500. The summed E-state index contributed by atoms with van der Waals surface area (Å²) in [7, 11) is 5.61.